The smallest absolute Gasteiger partial charge is 0.145 e. The van der Waals surface area contributed by atoms with Crippen LogP contribution in [0.1, 0.15) is 19.4 Å². The van der Waals surface area contributed by atoms with E-state index >= 15 is 0 Å². The third-order valence-electron chi connectivity index (χ3n) is 2.15. The van der Waals surface area contributed by atoms with Crippen LogP contribution in [0.3, 0.4) is 0 Å². The van der Waals surface area contributed by atoms with Crippen molar-refractivity contribution in [2.24, 2.45) is 0 Å². The number of rotatable bonds is 3. The van der Waals surface area contributed by atoms with Gasteiger partial charge in [-0.15, -0.1) is 0 Å². The zero-order valence-corrected chi connectivity index (χ0v) is 9.43. The summed E-state index contributed by atoms with van der Waals surface area (Å²) >= 11 is 0. The minimum Gasteiger partial charge on any atom is -0.299 e. The van der Waals surface area contributed by atoms with E-state index in [0.29, 0.717) is 0 Å². The van der Waals surface area contributed by atoms with Crippen LogP contribution in [-0.2, 0) is 15.6 Å². The minimum atomic E-state index is -1.22. The van der Waals surface area contributed by atoms with Crippen molar-refractivity contribution < 1.29 is 9.00 Å². The third-order valence-corrected chi connectivity index (χ3v) is 3.86. The van der Waals surface area contributed by atoms with Crippen LogP contribution in [0, 0.1) is 6.92 Å². The molecule has 0 spiro atoms. The van der Waals surface area contributed by atoms with Gasteiger partial charge in [-0.2, -0.15) is 0 Å². The second-order valence-electron chi connectivity index (χ2n) is 3.36. The summed E-state index contributed by atoms with van der Waals surface area (Å²) in [7, 11) is -1.22. The van der Waals surface area contributed by atoms with Gasteiger partial charge >= 0.3 is 0 Å². The van der Waals surface area contributed by atoms with E-state index in [9.17, 15) is 9.00 Å². The molecule has 0 fully saturated rings. The number of hydrogen-bond acceptors (Lipinski definition) is 2. The van der Waals surface area contributed by atoms with Crippen LogP contribution in [0.15, 0.2) is 29.2 Å². The molecule has 0 aromatic heterocycles. The maximum atomic E-state index is 11.8. The van der Waals surface area contributed by atoms with Crippen LogP contribution in [0.4, 0.5) is 0 Å². The second-order valence-corrected chi connectivity index (χ2v) is 5.14. The molecule has 3 heteroatoms. The van der Waals surface area contributed by atoms with Gasteiger partial charge in [0, 0.05) is 4.90 Å². The predicted molar refractivity (Wildman–Crippen MR) is 57.7 cm³/mol. The summed E-state index contributed by atoms with van der Waals surface area (Å²) in [6, 6.07) is 7.43. The number of carbonyl (C=O) groups excluding carboxylic acids is 1. The highest BCUT2D eigenvalue weighted by Crippen LogP contribution is 2.12. The molecule has 0 bridgehead atoms. The van der Waals surface area contributed by atoms with Gasteiger partial charge in [0.05, 0.1) is 16.0 Å². The van der Waals surface area contributed by atoms with Crippen molar-refractivity contribution in [2.45, 2.75) is 30.9 Å². The molecule has 0 unspecified atom stereocenters. The summed E-state index contributed by atoms with van der Waals surface area (Å²) in [4.78, 5) is 11.8. The van der Waals surface area contributed by atoms with Gasteiger partial charge < -0.3 is 0 Å². The summed E-state index contributed by atoms with van der Waals surface area (Å²) < 4.78 is 11.8. The molecule has 0 saturated carbocycles. The molecule has 14 heavy (non-hydrogen) atoms. The highest BCUT2D eigenvalue weighted by molar-refractivity contribution is 7.86. The van der Waals surface area contributed by atoms with Crippen LogP contribution >= 0.6 is 0 Å². The fourth-order valence-electron chi connectivity index (χ4n) is 1.03. The van der Waals surface area contributed by atoms with Crippen LogP contribution in [0.2, 0.25) is 0 Å². The van der Waals surface area contributed by atoms with Gasteiger partial charge in [-0.3, -0.25) is 9.00 Å². The lowest BCUT2D eigenvalue weighted by Crippen LogP contribution is -2.19. The number of benzene rings is 1. The quantitative estimate of drug-likeness (QED) is 0.765. The molecular weight excluding hydrogens is 196 g/mol. The monoisotopic (exact) mass is 210 g/mol. The van der Waals surface area contributed by atoms with E-state index in [1.54, 1.807) is 6.92 Å². The number of hydrogen-bond donors (Lipinski definition) is 0. The molecule has 0 aliphatic rings. The topological polar surface area (TPSA) is 34.1 Å². The van der Waals surface area contributed by atoms with Crippen LogP contribution in [-0.4, -0.2) is 15.2 Å². The van der Waals surface area contributed by atoms with E-state index in [2.05, 4.69) is 0 Å². The molecule has 2 atom stereocenters. The predicted octanol–water partition coefficient (Wildman–Crippen LogP) is 2.08. The van der Waals surface area contributed by atoms with Gasteiger partial charge in [0.15, 0.2) is 0 Å². The van der Waals surface area contributed by atoms with Crippen molar-refractivity contribution in [1.29, 1.82) is 0 Å². The summed E-state index contributed by atoms with van der Waals surface area (Å²) in [5.41, 5.74) is 1.13. The van der Waals surface area contributed by atoms with Crippen molar-refractivity contribution in [1.82, 2.24) is 0 Å². The number of Topliss-reactive ketones (excluding diaryl/α,β-unsaturated/α-hetero) is 1. The van der Waals surface area contributed by atoms with Gasteiger partial charge in [0.1, 0.15) is 5.78 Å². The van der Waals surface area contributed by atoms with Crippen LogP contribution in [0.5, 0.6) is 0 Å². The fourth-order valence-corrected chi connectivity index (χ4v) is 2.14. The lowest BCUT2D eigenvalue weighted by atomic mass is 10.2. The van der Waals surface area contributed by atoms with Crippen molar-refractivity contribution >= 4 is 16.6 Å². The zero-order valence-electron chi connectivity index (χ0n) is 8.61. The SMILES string of the molecule is CC(=O)[C@@H](C)[S@@](=O)c1ccc(C)cc1. The Bertz CT molecular complexity index is 354. The number of aryl methyl sites for hydroxylation is 1. The summed E-state index contributed by atoms with van der Waals surface area (Å²) in [6.45, 7) is 5.14. The molecule has 1 rings (SSSR count). The molecule has 1 aromatic rings. The highest BCUT2D eigenvalue weighted by Gasteiger charge is 2.17. The minimum absolute atomic E-state index is 0.0380. The summed E-state index contributed by atoms with van der Waals surface area (Å²) in [5.74, 6) is -0.0380. The molecule has 0 aliphatic heterocycles. The molecule has 0 heterocycles. The molecule has 0 saturated heterocycles. The molecule has 1 aromatic carbocycles. The van der Waals surface area contributed by atoms with Gasteiger partial charge in [0.25, 0.3) is 0 Å². The second kappa shape index (κ2) is 4.51. The van der Waals surface area contributed by atoms with E-state index < -0.39 is 16.0 Å². The Morgan fingerprint density at radius 3 is 2.21 bits per heavy atom. The standard InChI is InChI=1S/C11H14O2S/c1-8-4-6-11(7-5-8)14(13)10(3)9(2)12/h4-7,10H,1-3H3/t10-,14-/m1/s1. The first-order valence-electron chi connectivity index (χ1n) is 4.50. The van der Waals surface area contributed by atoms with Crippen LogP contribution < -0.4 is 0 Å². The molecular formula is C11H14O2S. The first-order valence-corrected chi connectivity index (χ1v) is 5.71. The molecule has 0 radical (unpaired) electrons. The van der Waals surface area contributed by atoms with Gasteiger partial charge in [-0.1, -0.05) is 17.7 Å². The van der Waals surface area contributed by atoms with E-state index in [1.807, 2.05) is 31.2 Å². The Morgan fingerprint density at radius 1 is 1.29 bits per heavy atom. The maximum absolute atomic E-state index is 11.8. The molecule has 0 amide bonds. The van der Waals surface area contributed by atoms with Gasteiger partial charge in [0.2, 0.25) is 0 Å². The Morgan fingerprint density at radius 2 is 1.79 bits per heavy atom. The van der Waals surface area contributed by atoms with E-state index in [4.69, 9.17) is 0 Å². The first-order chi connectivity index (χ1) is 6.52. The number of ketones is 1. The molecule has 0 N–H and O–H groups in total. The van der Waals surface area contributed by atoms with Crippen molar-refractivity contribution in [3.63, 3.8) is 0 Å². The molecule has 76 valence electrons. The Balaban J connectivity index is 2.90. The largest absolute Gasteiger partial charge is 0.299 e. The third kappa shape index (κ3) is 2.51. The lowest BCUT2D eigenvalue weighted by molar-refractivity contribution is -0.116. The van der Waals surface area contributed by atoms with E-state index in [0.717, 1.165) is 10.5 Å². The van der Waals surface area contributed by atoms with E-state index in [1.165, 1.54) is 6.92 Å². The Kier molecular flexibility index (Phi) is 3.58. The average molecular weight is 210 g/mol. The van der Waals surface area contributed by atoms with Crippen molar-refractivity contribution in [3.8, 4) is 0 Å². The molecule has 0 aliphatic carbocycles. The highest BCUT2D eigenvalue weighted by atomic mass is 32.2. The summed E-state index contributed by atoms with van der Waals surface area (Å²) in [5, 5.41) is -0.419. The summed E-state index contributed by atoms with van der Waals surface area (Å²) in [6.07, 6.45) is 0. The number of carbonyl (C=O) groups is 1. The van der Waals surface area contributed by atoms with Crippen LogP contribution in [0.25, 0.3) is 0 Å². The first kappa shape index (κ1) is 11.1. The lowest BCUT2D eigenvalue weighted by Gasteiger charge is -2.07. The Labute approximate surface area is 86.8 Å². The van der Waals surface area contributed by atoms with Gasteiger partial charge in [-0.25, -0.2) is 0 Å². The van der Waals surface area contributed by atoms with Crippen molar-refractivity contribution in [3.05, 3.63) is 29.8 Å². The van der Waals surface area contributed by atoms with Crippen molar-refractivity contribution in [2.75, 3.05) is 0 Å². The fraction of sp³-hybridized carbons (Fsp3) is 0.364. The zero-order chi connectivity index (χ0) is 10.7. The van der Waals surface area contributed by atoms with E-state index in [-0.39, 0.29) is 5.78 Å². The molecule has 2 nitrogen and oxygen atoms in total. The van der Waals surface area contributed by atoms with Gasteiger partial charge in [-0.05, 0) is 32.9 Å². The Hall–Kier alpha value is -0.960. The normalized spacial score (nSPS) is 14.8. The average Bonchev–Trinajstić information content (AvgIpc) is 2.16. The maximum Gasteiger partial charge on any atom is 0.145 e.